The number of thiophene rings is 1. The highest BCUT2D eigenvalue weighted by Crippen LogP contribution is 2.26. The Balaban J connectivity index is 1.51. The fourth-order valence-electron chi connectivity index (χ4n) is 3.41. The maximum atomic E-state index is 12.7. The Labute approximate surface area is 154 Å². The van der Waals surface area contributed by atoms with E-state index < -0.39 is 10.0 Å². The number of carbonyl (C=O) groups excluding carboxylic acids is 1. The number of amides is 1. The number of nitrogens with zero attached hydrogens (tertiary/aromatic N) is 3. The van der Waals surface area contributed by atoms with Gasteiger partial charge in [-0.3, -0.25) is 4.79 Å². The minimum absolute atomic E-state index is 0.147. The first-order chi connectivity index (χ1) is 12.0. The monoisotopic (exact) mass is 385 g/mol. The number of sulfonamides is 1. The van der Waals surface area contributed by atoms with Crippen LogP contribution in [0.15, 0.2) is 16.3 Å². The molecule has 6 nitrogen and oxygen atoms in total. The maximum Gasteiger partial charge on any atom is 0.252 e. The first-order valence-corrected chi connectivity index (χ1v) is 11.4. The van der Waals surface area contributed by atoms with Crippen LogP contribution in [0.2, 0.25) is 0 Å². The van der Waals surface area contributed by atoms with Gasteiger partial charge in [0.2, 0.25) is 5.91 Å². The van der Waals surface area contributed by atoms with E-state index in [4.69, 9.17) is 0 Å². The van der Waals surface area contributed by atoms with Crippen molar-refractivity contribution in [3.8, 4) is 0 Å². The van der Waals surface area contributed by atoms with Gasteiger partial charge >= 0.3 is 0 Å². The van der Waals surface area contributed by atoms with E-state index in [1.807, 2.05) is 17.9 Å². The molecular formula is C17H27N3O3S2. The van der Waals surface area contributed by atoms with Gasteiger partial charge in [0.05, 0.1) is 0 Å². The topological polar surface area (TPSA) is 60.9 Å². The molecule has 0 spiro atoms. The number of aryl methyl sites for hydroxylation is 1. The van der Waals surface area contributed by atoms with Gasteiger partial charge in [0.15, 0.2) is 0 Å². The normalized spacial score (nSPS) is 20.3. The third-order valence-corrected chi connectivity index (χ3v) is 8.61. The average Bonchev–Trinajstić information content (AvgIpc) is 3.31. The second-order valence-electron chi connectivity index (χ2n) is 6.66. The molecule has 2 aliphatic heterocycles. The molecule has 3 heterocycles. The van der Waals surface area contributed by atoms with Gasteiger partial charge in [-0.05, 0) is 44.5 Å². The van der Waals surface area contributed by atoms with Crippen LogP contribution in [0.1, 0.15) is 31.1 Å². The van der Waals surface area contributed by atoms with Crippen LogP contribution in [0.4, 0.5) is 0 Å². The molecule has 1 aromatic rings. The lowest BCUT2D eigenvalue weighted by molar-refractivity contribution is -0.132. The molecule has 2 fully saturated rings. The lowest BCUT2D eigenvalue weighted by Crippen LogP contribution is -2.50. The molecule has 0 bridgehead atoms. The van der Waals surface area contributed by atoms with Crippen molar-refractivity contribution < 1.29 is 13.2 Å². The third-order valence-electron chi connectivity index (χ3n) is 5.01. The summed E-state index contributed by atoms with van der Waals surface area (Å²) in [5.41, 5.74) is 0. The molecule has 8 heteroatoms. The van der Waals surface area contributed by atoms with E-state index in [0.29, 0.717) is 36.8 Å². The summed E-state index contributed by atoms with van der Waals surface area (Å²) >= 11 is 1.35. The molecule has 0 radical (unpaired) electrons. The smallest absolute Gasteiger partial charge is 0.252 e. The van der Waals surface area contributed by atoms with E-state index in [2.05, 4.69) is 4.90 Å². The van der Waals surface area contributed by atoms with Gasteiger partial charge in [-0.1, -0.05) is 6.92 Å². The van der Waals surface area contributed by atoms with E-state index in [1.165, 1.54) is 28.5 Å². The number of piperazine rings is 1. The molecular weight excluding hydrogens is 358 g/mol. The van der Waals surface area contributed by atoms with Crippen LogP contribution in [0.5, 0.6) is 0 Å². The van der Waals surface area contributed by atoms with Crippen LogP contribution in [0.3, 0.4) is 0 Å². The molecule has 0 aliphatic carbocycles. The first kappa shape index (κ1) is 18.8. The molecule has 0 saturated carbocycles. The number of hydrogen-bond acceptors (Lipinski definition) is 5. The summed E-state index contributed by atoms with van der Waals surface area (Å²) in [4.78, 5) is 17.6. The lowest BCUT2D eigenvalue weighted by Gasteiger charge is -2.34. The zero-order valence-electron chi connectivity index (χ0n) is 14.8. The number of hydrogen-bond donors (Lipinski definition) is 0. The summed E-state index contributed by atoms with van der Waals surface area (Å²) in [6.07, 6.45) is 3.84. The molecule has 0 aromatic carbocycles. The van der Waals surface area contributed by atoms with Gasteiger partial charge in [-0.15, -0.1) is 11.3 Å². The van der Waals surface area contributed by atoms with Crippen molar-refractivity contribution in [2.45, 2.75) is 36.8 Å². The summed E-state index contributed by atoms with van der Waals surface area (Å²) in [6, 6.07) is 3.59. The van der Waals surface area contributed by atoms with E-state index in [-0.39, 0.29) is 5.91 Å². The van der Waals surface area contributed by atoms with Crippen molar-refractivity contribution in [3.05, 3.63) is 17.0 Å². The number of rotatable bonds is 6. The predicted molar refractivity (Wildman–Crippen MR) is 99.3 cm³/mol. The quantitative estimate of drug-likeness (QED) is 0.747. The maximum absolute atomic E-state index is 12.7. The Hall–Kier alpha value is -0.960. The predicted octanol–water partition coefficient (Wildman–Crippen LogP) is 1.63. The van der Waals surface area contributed by atoms with Crippen LogP contribution in [-0.4, -0.2) is 74.2 Å². The van der Waals surface area contributed by atoms with Crippen molar-refractivity contribution in [2.75, 3.05) is 45.8 Å². The van der Waals surface area contributed by atoms with E-state index in [9.17, 15) is 13.2 Å². The zero-order valence-corrected chi connectivity index (χ0v) is 16.4. The van der Waals surface area contributed by atoms with Crippen LogP contribution in [0, 0.1) is 0 Å². The summed E-state index contributed by atoms with van der Waals surface area (Å²) < 4.78 is 27.4. The van der Waals surface area contributed by atoms with Crippen LogP contribution < -0.4 is 0 Å². The molecule has 1 aromatic heterocycles. The second kappa shape index (κ2) is 8.16. The molecule has 140 valence electrons. The van der Waals surface area contributed by atoms with Crippen molar-refractivity contribution >= 4 is 27.3 Å². The Morgan fingerprint density at radius 3 is 2.36 bits per heavy atom. The molecule has 3 rings (SSSR count). The average molecular weight is 386 g/mol. The Kier molecular flexibility index (Phi) is 6.14. The van der Waals surface area contributed by atoms with Gasteiger partial charge in [-0.2, -0.15) is 4.31 Å². The second-order valence-corrected chi connectivity index (χ2v) is 9.99. The Morgan fingerprint density at radius 1 is 1.08 bits per heavy atom. The number of likely N-dealkylation sites (tertiary alicyclic amines) is 1. The van der Waals surface area contributed by atoms with Crippen molar-refractivity contribution in [1.29, 1.82) is 0 Å². The SMILES string of the molecule is CCc1ccc(S(=O)(=O)N2CCN(C(=O)CCN3CCCC3)CC2)s1. The summed E-state index contributed by atoms with van der Waals surface area (Å²) in [5.74, 6) is 0.147. The van der Waals surface area contributed by atoms with Crippen LogP contribution in [-0.2, 0) is 21.2 Å². The van der Waals surface area contributed by atoms with Crippen molar-refractivity contribution in [3.63, 3.8) is 0 Å². The van der Waals surface area contributed by atoms with Crippen molar-refractivity contribution in [2.24, 2.45) is 0 Å². The molecule has 0 atom stereocenters. The van der Waals surface area contributed by atoms with Crippen LogP contribution >= 0.6 is 11.3 Å². The van der Waals surface area contributed by atoms with E-state index in [1.54, 1.807) is 6.07 Å². The number of carbonyl (C=O) groups is 1. The highest BCUT2D eigenvalue weighted by atomic mass is 32.2. The van der Waals surface area contributed by atoms with Crippen molar-refractivity contribution in [1.82, 2.24) is 14.1 Å². The molecule has 2 saturated heterocycles. The Morgan fingerprint density at radius 2 is 1.76 bits per heavy atom. The standard InChI is InChI=1S/C17H27N3O3S2/c1-2-15-5-6-17(24-15)25(22,23)20-13-11-19(12-14-20)16(21)7-10-18-8-3-4-9-18/h5-6H,2-4,7-14H2,1H3. The van der Waals surface area contributed by atoms with Gasteiger partial charge in [0.25, 0.3) is 10.0 Å². The fourth-order valence-corrected chi connectivity index (χ4v) is 6.28. The highest BCUT2D eigenvalue weighted by Gasteiger charge is 2.31. The van der Waals surface area contributed by atoms with Gasteiger partial charge in [0.1, 0.15) is 4.21 Å². The first-order valence-electron chi connectivity index (χ1n) is 9.09. The Bertz CT molecular complexity index is 688. The minimum atomic E-state index is -3.42. The third kappa shape index (κ3) is 4.42. The fraction of sp³-hybridized carbons (Fsp3) is 0.706. The minimum Gasteiger partial charge on any atom is -0.340 e. The molecule has 2 aliphatic rings. The summed E-state index contributed by atoms with van der Waals surface area (Å²) in [5, 5.41) is 0. The molecule has 1 amide bonds. The van der Waals surface area contributed by atoms with E-state index in [0.717, 1.165) is 30.9 Å². The molecule has 25 heavy (non-hydrogen) atoms. The van der Waals surface area contributed by atoms with Gasteiger partial charge in [0, 0.05) is 44.0 Å². The van der Waals surface area contributed by atoms with E-state index >= 15 is 0 Å². The highest BCUT2D eigenvalue weighted by molar-refractivity contribution is 7.91. The van der Waals surface area contributed by atoms with Gasteiger partial charge in [-0.25, -0.2) is 8.42 Å². The molecule has 0 unspecified atom stereocenters. The summed E-state index contributed by atoms with van der Waals surface area (Å²) in [7, 11) is -3.42. The summed E-state index contributed by atoms with van der Waals surface area (Å²) in [6.45, 7) is 6.79. The van der Waals surface area contributed by atoms with Crippen LogP contribution in [0.25, 0.3) is 0 Å². The zero-order chi connectivity index (χ0) is 17.9. The lowest BCUT2D eigenvalue weighted by atomic mass is 10.3. The molecule has 0 N–H and O–H groups in total. The largest absolute Gasteiger partial charge is 0.340 e. The van der Waals surface area contributed by atoms with Gasteiger partial charge < -0.3 is 9.80 Å².